The molecule has 4 heteroatoms. The molecule has 0 aromatic heterocycles. The van der Waals surface area contributed by atoms with Gasteiger partial charge in [0.05, 0.1) is 5.69 Å². The smallest absolute Gasteiger partial charge is 0.248 e. The molecule has 0 aliphatic carbocycles. The Kier molecular flexibility index (Phi) is 9.15. The van der Waals surface area contributed by atoms with E-state index in [9.17, 15) is 4.79 Å². The van der Waals surface area contributed by atoms with E-state index in [-0.39, 0.29) is 11.7 Å². The lowest BCUT2D eigenvalue weighted by molar-refractivity contribution is 0.0999. The molecule has 0 atom stereocenters. The molecule has 0 spiro atoms. The van der Waals surface area contributed by atoms with Gasteiger partial charge >= 0.3 is 0 Å². The second-order valence-electron chi connectivity index (χ2n) is 6.07. The summed E-state index contributed by atoms with van der Waals surface area (Å²) in [5.41, 5.74) is 14.3. The minimum Gasteiger partial charge on any atom is -0.506 e. The standard InChI is InChI=1S/C15H23NO.C6H7NO/c1-3-5-8-12-9-7-11-14(15(16)17)13(12)10-6-4-2;7-5-3-1-2-4-6(5)8/h7,9,11H,3-6,8,10H2,1-2H3,(H2,16,17);1-4,8H,7H2. The van der Waals surface area contributed by atoms with Crippen LogP contribution in [0.3, 0.4) is 0 Å². The first kappa shape index (κ1) is 20.6. The molecule has 0 radical (unpaired) electrons. The lowest BCUT2D eigenvalue weighted by Gasteiger charge is -2.12. The van der Waals surface area contributed by atoms with E-state index in [0.29, 0.717) is 11.3 Å². The van der Waals surface area contributed by atoms with Crippen LogP contribution in [0.2, 0.25) is 0 Å². The Morgan fingerprint density at radius 1 is 0.960 bits per heavy atom. The first-order valence-corrected chi connectivity index (χ1v) is 8.95. The number of rotatable bonds is 7. The number of carbonyl (C=O) groups excluding carboxylic acids is 1. The summed E-state index contributed by atoms with van der Waals surface area (Å²) in [6.45, 7) is 4.35. The molecule has 2 rings (SSSR count). The predicted octanol–water partition coefficient (Wildman–Crippen LogP) is 4.45. The van der Waals surface area contributed by atoms with Gasteiger partial charge in [-0.15, -0.1) is 0 Å². The fourth-order valence-electron chi connectivity index (χ4n) is 2.60. The molecule has 0 aliphatic rings. The lowest BCUT2D eigenvalue weighted by atomic mass is 9.93. The topological polar surface area (TPSA) is 89.3 Å². The molecule has 0 aliphatic heterocycles. The fourth-order valence-corrected chi connectivity index (χ4v) is 2.60. The van der Waals surface area contributed by atoms with Crippen LogP contribution in [0.15, 0.2) is 42.5 Å². The molecular weight excluding hydrogens is 312 g/mol. The van der Waals surface area contributed by atoms with Crippen molar-refractivity contribution in [3.8, 4) is 5.75 Å². The van der Waals surface area contributed by atoms with Crippen molar-refractivity contribution in [2.45, 2.75) is 52.4 Å². The highest BCUT2D eigenvalue weighted by Gasteiger charge is 2.11. The fraction of sp³-hybridized carbons (Fsp3) is 0.381. The van der Waals surface area contributed by atoms with Crippen molar-refractivity contribution in [2.24, 2.45) is 5.73 Å². The van der Waals surface area contributed by atoms with Crippen molar-refractivity contribution in [3.05, 3.63) is 59.2 Å². The van der Waals surface area contributed by atoms with Gasteiger partial charge in [0.15, 0.2) is 0 Å². The summed E-state index contributed by atoms with van der Waals surface area (Å²) in [5.74, 6) is -0.151. The Morgan fingerprint density at radius 3 is 2.12 bits per heavy atom. The summed E-state index contributed by atoms with van der Waals surface area (Å²) in [7, 11) is 0. The number of anilines is 1. The van der Waals surface area contributed by atoms with Crippen LogP contribution in [-0.2, 0) is 12.8 Å². The summed E-state index contributed by atoms with van der Waals surface area (Å²) in [6.07, 6.45) is 6.62. The number of hydrogen-bond acceptors (Lipinski definition) is 3. The predicted molar refractivity (Wildman–Crippen MR) is 105 cm³/mol. The monoisotopic (exact) mass is 342 g/mol. The number of unbranched alkanes of at least 4 members (excludes halogenated alkanes) is 2. The number of benzene rings is 2. The van der Waals surface area contributed by atoms with Crippen LogP contribution in [0.25, 0.3) is 0 Å². The zero-order valence-electron chi connectivity index (χ0n) is 15.3. The number of amides is 1. The number of aromatic hydroxyl groups is 1. The summed E-state index contributed by atoms with van der Waals surface area (Å²) in [5, 5.41) is 8.79. The summed E-state index contributed by atoms with van der Waals surface area (Å²) in [4.78, 5) is 11.4. The Bertz CT molecular complexity index is 648. The first-order chi connectivity index (χ1) is 12.0. The molecule has 0 bridgehead atoms. The number of primary amides is 1. The first-order valence-electron chi connectivity index (χ1n) is 8.95. The van der Waals surface area contributed by atoms with Crippen LogP contribution in [-0.4, -0.2) is 11.0 Å². The number of carbonyl (C=O) groups is 1. The van der Waals surface area contributed by atoms with Crippen molar-refractivity contribution >= 4 is 11.6 Å². The van der Waals surface area contributed by atoms with E-state index >= 15 is 0 Å². The number of nitrogens with two attached hydrogens (primary N) is 2. The molecular formula is C21H30N2O2. The Morgan fingerprint density at radius 2 is 1.60 bits per heavy atom. The van der Waals surface area contributed by atoms with E-state index in [0.717, 1.165) is 25.7 Å². The molecule has 5 N–H and O–H groups in total. The molecule has 0 fully saturated rings. The van der Waals surface area contributed by atoms with Crippen molar-refractivity contribution in [1.29, 1.82) is 0 Å². The third kappa shape index (κ3) is 6.87. The van der Waals surface area contributed by atoms with E-state index in [1.807, 2.05) is 12.1 Å². The summed E-state index contributed by atoms with van der Waals surface area (Å²) in [6, 6.07) is 12.6. The van der Waals surface area contributed by atoms with Gasteiger partial charge in [0.2, 0.25) is 5.91 Å². The largest absolute Gasteiger partial charge is 0.506 e. The van der Waals surface area contributed by atoms with E-state index < -0.39 is 0 Å². The highest BCUT2D eigenvalue weighted by molar-refractivity contribution is 5.94. The van der Waals surface area contributed by atoms with E-state index in [4.69, 9.17) is 16.6 Å². The normalized spacial score (nSPS) is 10.0. The highest BCUT2D eigenvalue weighted by atomic mass is 16.3. The van der Waals surface area contributed by atoms with Gasteiger partial charge in [-0.25, -0.2) is 0 Å². The Hall–Kier alpha value is -2.49. The third-order valence-electron chi connectivity index (χ3n) is 4.06. The van der Waals surface area contributed by atoms with Crippen LogP contribution < -0.4 is 11.5 Å². The van der Waals surface area contributed by atoms with Crippen molar-refractivity contribution in [3.63, 3.8) is 0 Å². The molecule has 0 heterocycles. The summed E-state index contributed by atoms with van der Waals surface area (Å²) >= 11 is 0. The zero-order valence-corrected chi connectivity index (χ0v) is 15.3. The zero-order chi connectivity index (χ0) is 18.7. The van der Waals surface area contributed by atoms with E-state index in [1.165, 1.54) is 24.0 Å². The molecule has 136 valence electrons. The second-order valence-corrected chi connectivity index (χ2v) is 6.07. The SMILES string of the molecule is CCCCc1cccc(C(N)=O)c1CCCC.Nc1ccccc1O. The van der Waals surface area contributed by atoms with Gasteiger partial charge in [-0.2, -0.15) is 0 Å². The number of phenolic OH excluding ortho intramolecular Hbond substituents is 1. The van der Waals surface area contributed by atoms with Crippen molar-refractivity contribution < 1.29 is 9.90 Å². The Balaban J connectivity index is 0.000000324. The van der Waals surface area contributed by atoms with Crippen LogP contribution in [0.5, 0.6) is 5.75 Å². The number of hydrogen-bond donors (Lipinski definition) is 3. The van der Waals surface area contributed by atoms with Crippen LogP contribution in [0.4, 0.5) is 5.69 Å². The van der Waals surface area contributed by atoms with Gasteiger partial charge in [-0.1, -0.05) is 51.0 Å². The van der Waals surface area contributed by atoms with Gasteiger partial charge in [-0.05, 0) is 55.0 Å². The molecule has 0 saturated carbocycles. The van der Waals surface area contributed by atoms with Crippen molar-refractivity contribution in [2.75, 3.05) is 5.73 Å². The number of aryl methyl sites for hydroxylation is 1. The third-order valence-corrected chi connectivity index (χ3v) is 4.06. The lowest BCUT2D eigenvalue weighted by Crippen LogP contribution is -2.15. The molecule has 1 amide bonds. The highest BCUT2D eigenvalue weighted by Crippen LogP contribution is 2.19. The molecule has 0 unspecified atom stereocenters. The maximum Gasteiger partial charge on any atom is 0.248 e. The van der Waals surface area contributed by atoms with Gasteiger partial charge < -0.3 is 16.6 Å². The molecule has 2 aromatic carbocycles. The molecule has 2 aromatic rings. The maximum absolute atomic E-state index is 11.4. The second kappa shape index (κ2) is 11.1. The molecule has 25 heavy (non-hydrogen) atoms. The summed E-state index contributed by atoms with van der Waals surface area (Å²) < 4.78 is 0. The van der Waals surface area contributed by atoms with E-state index in [1.54, 1.807) is 24.3 Å². The van der Waals surface area contributed by atoms with Crippen LogP contribution in [0, 0.1) is 0 Å². The minimum absolute atomic E-state index is 0.146. The minimum atomic E-state index is -0.297. The van der Waals surface area contributed by atoms with Crippen molar-refractivity contribution in [1.82, 2.24) is 0 Å². The molecule has 0 saturated heterocycles. The van der Waals surface area contributed by atoms with Gasteiger partial charge in [0.25, 0.3) is 0 Å². The van der Waals surface area contributed by atoms with Gasteiger partial charge in [0.1, 0.15) is 5.75 Å². The van der Waals surface area contributed by atoms with Crippen LogP contribution >= 0.6 is 0 Å². The quantitative estimate of drug-likeness (QED) is 0.513. The van der Waals surface area contributed by atoms with Gasteiger partial charge in [0, 0.05) is 5.56 Å². The van der Waals surface area contributed by atoms with E-state index in [2.05, 4.69) is 19.9 Å². The van der Waals surface area contributed by atoms with Crippen LogP contribution in [0.1, 0.15) is 61.0 Å². The Labute approximate surface area is 150 Å². The van der Waals surface area contributed by atoms with Gasteiger partial charge in [-0.3, -0.25) is 4.79 Å². The molecule has 4 nitrogen and oxygen atoms in total. The number of para-hydroxylation sites is 2. The maximum atomic E-state index is 11.4. The number of nitrogen functional groups attached to an aromatic ring is 1. The number of phenols is 1. The average Bonchev–Trinajstić information content (AvgIpc) is 2.61. The average molecular weight is 342 g/mol.